The molecule has 2 aromatic rings. The van der Waals surface area contributed by atoms with E-state index in [2.05, 4.69) is 26.0 Å². The monoisotopic (exact) mass is 331 g/mol. The molecule has 0 radical (unpaired) electrons. The van der Waals surface area contributed by atoms with Crippen LogP contribution in [0.2, 0.25) is 5.02 Å². The largest absolute Gasteiger partial charge is 0.508 e. The first-order valence-electron chi connectivity index (χ1n) is 6.45. The highest BCUT2D eigenvalue weighted by molar-refractivity contribution is 6.33. The third-order valence-corrected chi connectivity index (χ3v) is 3.50. The molecule has 1 aliphatic heterocycles. The fraction of sp³-hybridized carbons (Fsp3) is 0.0714. The van der Waals surface area contributed by atoms with Crippen molar-refractivity contribution in [3.63, 3.8) is 0 Å². The minimum atomic E-state index is -1.37. The van der Waals surface area contributed by atoms with Gasteiger partial charge in [0.15, 0.2) is 0 Å². The Kier molecular flexibility index (Phi) is 3.67. The van der Waals surface area contributed by atoms with Crippen LogP contribution >= 0.6 is 11.6 Å². The number of hydrogen-bond acceptors (Lipinski definition) is 7. The molecule has 0 amide bonds. The van der Waals surface area contributed by atoms with E-state index >= 15 is 0 Å². The number of hydrogen-bond donors (Lipinski definition) is 3. The van der Waals surface area contributed by atoms with Gasteiger partial charge < -0.3 is 15.5 Å². The van der Waals surface area contributed by atoms with Crippen LogP contribution in [-0.2, 0) is 5.79 Å². The maximum absolute atomic E-state index is 11.1. The van der Waals surface area contributed by atoms with Gasteiger partial charge in [0.1, 0.15) is 5.75 Å². The van der Waals surface area contributed by atoms with E-state index in [0.29, 0.717) is 11.3 Å². The molecule has 0 saturated carbocycles. The van der Waals surface area contributed by atoms with Crippen molar-refractivity contribution in [1.29, 1.82) is 0 Å². The number of carboxylic acids is 1. The zero-order valence-corrected chi connectivity index (χ0v) is 12.3. The van der Waals surface area contributed by atoms with Gasteiger partial charge in [-0.25, -0.2) is 4.79 Å². The highest BCUT2D eigenvalue weighted by Gasteiger charge is 2.36. The molecular formula is C14H10ClN5O3. The summed E-state index contributed by atoms with van der Waals surface area (Å²) in [5.41, 5.74) is 0.957. The van der Waals surface area contributed by atoms with E-state index in [1.165, 1.54) is 30.3 Å². The summed E-state index contributed by atoms with van der Waals surface area (Å²) in [7, 11) is 0. The predicted molar refractivity (Wildman–Crippen MR) is 81.5 cm³/mol. The molecule has 0 spiro atoms. The third kappa shape index (κ3) is 2.84. The lowest BCUT2D eigenvalue weighted by atomic mass is 10.1. The Hall–Kier alpha value is -3.00. The van der Waals surface area contributed by atoms with Gasteiger partial charge in [-0.3, -0.25) is 0 Å². The summed E-state index contributed by atoms with van der Waals surface area (Å²) in [4.78, 5) is 11.1. The number of halogens is 1. The molecule has 0 saturated heterocycles. The van der Waals surface area contributed by atoms with E-state index in [1.807, 2.05) is 0 Å². The minimum absolute atomic E-state index is 0.0326. The van der Waals surface area contributed by atoms with E-state index in [1.54, 1.807) is 12.1 Å². The highest BCUT2D eigenvalue weighted by Crippen LogP contribution is 2.36. The molecule has 1 heterocycles. The smallest absolute Gasteiger partial charge is 0.337 e. The zero-order chi connectivity index (χ0) is 16.4. The Morgan fingerprint density at radius 3 is 2.48 bits per heavy atom. The van der Waals surface area contributed by atoms with Gasteiger partial charge in [-0.2, -0.15) is 0 Å². The quantitative estimate of drug-likeness (QED) is 0.789. The van der Waals surface area contributed by atoms with Gasteiger partial charge in [0.05, 0.1) is 10.6 Å². The Morgan fingerprint density at radius 1 is 1.13 bits per heavy atom. The van der Waals surface area contributed by atoms with Crippen LogP contribution in [0.3, 0.4) is 0 Å². The number of rotatable bonds is 4. The number of aromatic carboxylic acids is 1. The van der Waals surface area contributed by atoms with E-state index in [4.69, 9.17) is 16.7 Å². The molecular weight excluding hydrogens is 322 g/mol. The van der Waals surface area contributed by atoms with Gasteiger partial charge in [0.25, 0.3) is 5.79 Å². The van der Waals surface area contributed by atoms with E-state index in [0.717, 1.165) is 0 Å². The second-order valence-electron chi connectivity index (χ2n) is 4.73. The first-order chi connectivity index (χ1) is 11.0. The predicted octanol–water partition coefficient (Wildman–Crippen LogP) is 3.80. The summed E-state index contributed by atoms with van der Waals surface area (Å²) in [6.07, 6.45) is 0. The van der Waals surface area contributed by atoms with Crippen LogP contribution in [0.5, 0.6) is 5.75 Å². The van der Waals surface area contributed by atoms with Gasteiger partial charge in [0, 0.05) is 17.3 Å². The standard InChI is InChI=1S/C14H10ClN5O3/c15-12-6-8(4-5-11(12)13(22)23)14(17-19-20-18-14)16-9-2-1-3-10(21)7-9/h1-7,16,21H,(H,22,23). The van der Waals surface area contributed by atoms with Crippen molar-refractivity contribution in [3.8, 4) is 5.75 Å². The highest BCUT2D eigenvalue weighted by atomic mass is 35.5. The Bertz CT molecular complexity index is 825. The van der Waals surface area contributed by atoms with Crippen molar-refractivity contribution >= 4 is 23.3 Å². The zero-order valence-electron chi connectivity index (χ0n) is 11.5. The summed E-state index contributed by atoms with van der Waals surface area (Å²) in [6, 6.07) is 10.7. The van der Waals surface area contributed by atoms with Crippen LogP contribution in [0.1, 0.15) is 15.9 Å². The second kappa shape index (κ2) is 5.65. The molecule has 0 unspecified atom stereocenters. The normalized spacial score (nSPS) is 14.8. The molecule has 3 rings (SSSR count). The Balaban J connectivity index is 2.02. The number of nitrogens with zero attached hydrogens (tertiary/aromatic N) is 4. The van der Waals surface area contributed by atoms with Crippen LogP contribution in [0.25, 0.3) is 0 Å². The summed E-state index contributed by atoms with van der Waals surface area (Å²) in [5, 5.41) is 36.6. The fourth-order valence-electron chi connectivity index (χ4n) is 2.12. The average Bonchev–Trinajstić information content (AvgIpc) is 2.96. The van der Waals surface area contributed by atoms with Crippen molar-refractivity contribution in [2.24, 2.45) is 20.7 Å². The average molecular weight is 332 g/mol. The van der Waals surface area contributed by atoms with Gasteiger partial charge in [-0.15, -0.1) is 10.2 Å². The Morgan fingerprint density at radius 2 is 1.87 bits per heavy atom. The molecule has 2 aromatic carbocycles. The molecule has 0 atom stereocenters. The molecule has 0 fully saturated rings. The third-order valence-electron chi connectivity index (χ3n) is 3.19. The van der Waals surface area contributed by atoms with E-state index < -0.39 is 11.8 Å². The van der Waals surface area contributed by atoms with Crippen molar-refractivity contribution < 1.29 is 15.0 Å². The van der Waals surface area contributed by atoms with Crippen molar-refractivity contribution in [2.75, 3.05) is 5.32 Å². The first kappa shape index (κ1) is 14.9. The summed E-state index contributed by atoms with van der Waals surface area (Å²) in [6.45, 7) is 0. The molecule has 23 heavy (non-hydrogen) atoms. The molecule has 0 aromatic heterocycles. The maximum atomic E-state index is 11.1. The molecule has 9 heteroatoms. The van der Waals surface area contributed by atoms with Crippen molar-refractivity contribution in [1.82, 2.24) is 0 Å². The van der Waals surface area contributed by atoms with Crippen LogP contribution in [0.15, 0.2) is 63.1 Å². The van der Waals surface area contributed by atoms with Gasteiger partial charge in [0.2, 0.25) is 0 Å². The molecule has 8 nitrogen and oxygen atoms in total. The molecule has 0 bridgehead atoms. The number of carbonyl (C=O) groups is 1. The van der Waals surface area contributed by atoms with Crippen LogP contribution < -0.4 is 5.32 Å². The van der Waals surface area contributed by atoms with Crippen LogP contribution in [0, 0.1) is 0 Å². The van der Waals surface area contributed by atoms with Gasteiger partial charge >= 0.3 is 5.97 Å². The number of phenolic OH excluding ortho intramolecular Hbond substituents is 1. The fourth-order valence-corrected chi connectivity index (χ4v) is 2.38. The molecule has 116 valence electrons. The number of nitrogens with one attached hydrogen (secondary N) is 1. The van der Waals surface area contributed by atoms with Crippen molar-refractivity contribution in [3.05, 3.63) is 58.6 Å². The number of benzene rings is 2. The lowest BCUT2D eigenvalue weighted by Gasteiger charge is -2.23. The van der Waals surface area contributed by atoms with Crippen LogP contribution in [0.4, 0.5) is 5.69 Å². The van der Waals surface area contributed by atoms with E-state index in [-0.39, 0.29) is 16.3 Å². The molecule has 0 aliphatic carbocycles. The minimum Gasteiger partial charge on any atom is -0.508 e. The first-order valence-corrected chi connectivity index (χ1v) is 6.82. The maximum Gasteiger partial charge on any atom is 0.337 e. The summed E-state index contributed by atoms with van der Waals surface area (Å²) in [5.74, 6) is -2.43. The van der Waals surface area contributed by atoms with Crippen LogP contribution in [-0.4, -0.2) is 16.2 Å². The number of phenols is 1. The molecule has 1 aliphatic rings. The second-order valence-corrected chi connectivity index (χ2v) is 5.13. The van der Waals surface area contributed by atoms with Gasteiger partial charge in [-0.05, 0) is 34.7 Å². The summed E-state index contributed by atoms with van der Waals surface area (Å²) >= 11 is 6.00. The SMILES string of the molecule is O=C(O)c1ccc(C2(Nc3cccc(O)c3)N=NN=N2)cc1Cl. The van der Waals surface area contributed by atoms with Gasteiger partial charge in [-0.1, -0.05) is 23.7 Å². The lowest BCUT2D eigenvalue weighted by molar-refractivity contribution is 0.0697. The Labute approximate surface area is 135 Å². The van der Waals surface area contributed by atoms with E-state index in [9.17, 15) is 9.90 Å². The topological polar surface area (TPSA) is 119 Å². The number of aromatic hydroxyl groups is 1. The lowest BCUT2D eigenvalue weighted by Crippen LogP contribution is -2.29. The number of anilines is 1. The number of carboxylic acid groups (broad SMARTS) is 1. The van der Waals surface area contributed by atoms with Crippen molar-refractivity contribution in [2.45, 2.75) is 5.79 Å². The summed E-state index contributed by atoms with van der Waals surface area (Å²) < 4.78 is 0. The molecule has 3 N–H and O–H groups in total.